The molecule has 0 radical (unpaired) electrons. The van der Waals surface area contributed by atoms with Crippen LogP contribution in [0.3, 0.4) is 0 Å². The first-order valence-corrected chi connectivity index (χ1v) is 7.67. The van der Waals surface area contributed by atoms with Crippen LogP contribution in [0.15, 0.2) is 27.6 Å². The van der Waals surface area contributed by atoms with Crippen LogP contribution in [0.5, 0.6) is 0 Å². The second-order valence-corrected chi connectivity index (χ2v) is 6.24. The summed E-state index contributed by atoms with van der Waals surface area (Å²) in [6.45, 7) is 5.45. The molecule has 0 fully saturated rings. The number of thioether (sulfide) groups is 1. The summed E-state index contributed by atoms with van der Waals surface area (Å²) in [4.78, 5) is 1.25. The number of aliphatic hydroxyl groups excluding tert-OH is 1. The topological polar surface area (TPSA) is 32.3 Å². The van der Waals surface area contributed by atoms with Crippen molar-refractivity contribution in [2.75, 3.05) is 12.4 Å². The van der Waals surface area contributed by atoms with Gasteiger partial charge in [-0.05, 0) is 24.1 Å². The van der Waals surface area contributed by atoms with Crippen LogP contribution < -0.4 is 5.32 Å². The maximum atomic E-state index is 8.73. The standard InChI is InChI=1S/C13H20BrNOS/c1-10(2)15-9-11-4-5-12(8-13(11)14)17-7-3-6-16/h4-5,8,10,15-16H,3,6-7,9H2,1-2H3. The molecule has 0 saturated carbocycles. The second-order valence-electron chi connectivity index (χ2n) is 4.21. The van der Waals surface area contributed by atoms with E-state index in [9.17, 15) is 0 Å². The molecule has 0 saturated heterocycles. The Bertz CT molecular complexity index is 344. The van der Waals surface area contributed by atoms with E-state index in [2.05, 4.69) is 53.3 Å². The van der Waals surface area contributed by atoms with Gasteiger partial charge >= 0.3 is 0 Å². The normalized spacial score (nSPS) is 11.1. The summed E-state index contributed by atoms with van der Waals surface area (Å²) in [6, 6.07) is 6.95. The van der Waals surface area contributed by atoms with E-state index in [1.54, 1.807) is 11.8 Å². The summed E-state index contributed by atoms with van der Waals surface area (Å²) in [6.07, 6.45) is 0.846. The Morgan fingerprint density at radius 1 is 1.41 bits per heavy atom. The lowest BCUT2D eigenvalue weighted by atomic mass is 10.2. The minimum absolute atomic E-state index is 0.268. The molecular weight excluding hydrogens is 298 g/mol. The maximum absolute atomic E-state index is 8.73. The molecule has 0 aromatic heterocycles. The minimum Gasteiger partial charge on any atom is -0.396 e. The largest absolute Gasteiger partial charge is 0.396 e. The van der Waals surface area contributed by atoms with Gasteiger partial charge in [0.15, 0.2) is 0 Å². The highest BCUT2D eigenvalue weighted by Gasteiger charge is 2.03. The van der Waals surface area contributed by atoms with Gasteiger partial charge in [-0.15, -0.1) is 11.8 Å². The summed E-state index contributed by atoms with van der Waals surface area (Å²) in [5.74, 6) is 0.965. The van der Waals surface area contributed by atoms with E-state index in [0.717, 1.165) is 23.2 Å². The summed E-state index contributed by atoms with van der Waals surface area (Å²) < 4.78 is 1.15. The molecule has 0 aliphatic carbocycles. The van der Waals surface area contributed by atoms with E-state index in [4.69, 9.17) is 5.11 Å². The maximum Gasteiger partial charge on any atom is 0.0439 e. The number of hydrogen-bond donors (Lipinski definition) is 2. The average molecular weight is 318 g/mol. The number of nitrogens with one attached hydrogen (secondary N) is 1. The first kappa shape index (κ1) is 15.0. The van der Waals surface area contributed by atoms with E-state index >= 15 is 0 Å². The van der Waals surface area contributed by atoms with E-state index in [0.29, 0.717) is 6.04 Å². The molecule has 2 nitrogen and oxygen atoms in total. The molecule has 0 aliphatic rings. The molecule has 17 heavy (non-hydrogen) atoms. The van der Waals surface area contributed by atoms with Crippen molar-refractivity contribution in [3.63, 3.8) is 0 Å². The quantitative estimate of drug-likeness (QED) is 0.597. The zero-order chi connectivity index (χ0) is 12.7. The SMILES string of the molecule is CC(C)NCc1ccc(SCCCO)cc1Br. The van der Waals surface area contributed by atoms with E-state index in [1.807, 2.05) is 0 Å². The van der Waals surface area contributed by atoms with Crippen LogP contribution in [0.4, 0.5) is 0 Å². The first-order chi connectivity index (χ1) is 8.13. The lowest BCUT2D eigenvalue weighted by Gasteiger charge is -2.10. The molecule has 4 heteroatoms. The van der Waals surface area contributed by atoms with Crippen molar-refractivity contribution in [1.29, 1.82) is 0 Å². The molecule has 0 atom stereocenters. The van der Waals surface area contributed by atoms with Crippen LogP contribution in [0, 0.1) is 0 Å². The highest BCUT2D eigenvalue weighted by molar-refractivity contribution is 9.10. The van der Waals surface area contributed by atoms with Gasteiger partial charge in [-0.1, -0.05) is 35.8 Å². The Hall–Kier alpha value is -0.0300. The van der Waals surface area contributed by atoms with Crippen LogP contribution in [0.1, 0.15) is 25.8 Å². The van der Waals surface area contributed by atoms with Crippen molar-refractivity contribution in [1.82, 2.24) is 5.32 Å². The van der Waals surface area contributed by atoms with Crippen molar-refractivity contribution >= 4 is 27.7 Å². The molecule has 96 valence electrons. The Balaban J connectivity index is 2.53. The Morgan fingerprint density at radius 2 is 2.18 bits per heavy atom. The van der Waals surface area contributed by atoms with E-state index in [-0.39, 0.29) is 6.61 Å². The van der Waals surface area contributed by atoms with Crippen LogP contribution in [0.25, 0.3) is 0 Å². The van der Waals surface area contributed by atoms with Gasteiger partial charge in [0.05, 0.1) is 0 Å². The molecule has 1 rings (SSSR count). The third-order valence-electron chi connectivity index (χ3n) is 2.30. The molecule has 0 heterocycles. The first-order valence-electron chi connectivity index (χ1n) is 5.89. The summed E-state index contributed by atoms with van der Waals surface area (Å²) in [5, 5.41) is 12.1. The van der Waals surface area contributed by atoms with Gasteiger partial charge in [0.25, 0.3) is 0 Å². The highest BCUT2D eigenvalue weighted by Crippen LogP contribution is 2.25. The lowest BCUT2D eigenvalue weighted by Crippen LogP contribution is -2.21. The van der Waals surface area contributed by atoms with Crippen LogP contribution >= 0.6 is 27.7 Å². The van der Waals surface area contributed by atoms with Gasteiger partial charge in [0, 0.05) is 34.3 Å². The number of aliphatic hydroxyl groups is 1. The van der Waals surface area contributed by atoms with Crippen molar-refractivity contribution in [2.45, 2.75) is 37.8 Å². The van der Waals surface area contributed by atoms with Gasteiger partial charge < -0.3 is 10.4 Å². The van der Waals surface area contributed by atoms with Crippen molar-refractivity contribution in [3.05, 3.63) is 28.2 Å². The predicted octanol–water partition coefficient (Wildman–Crippen LogP) is 3.42. The molecule has 0 bridgehead atoms. The molecule has 2 N–H and O–H groups in total. The Kier molecular flexibility index (Phi) is 7.19. The lowest BCUT2D eigenvalue weighted by molar-refractivity contribution is 0.296. The number of hydrogen-bond acceptors (Lipinski definition) is 3. The Morgan fingerprint density at radius 3 is 2.76 bits per heavy atom. The average Bonchev–Trinajstić information content (AvgIpc) is 2.28. The summed E-state index contributed by atoms with van der Waals surface area (Å²) >= 11 is 5.39. The summed E-state index contributed by atoms with van der Waals surface area (Å²) in [7, 11) is 0. The van der Waals surface area contributed by atoms with Crippen LogP contribution in [-0.4, -0.2) is 23.5 Å². The van der Waals surface area contributed by atoms with Gasteiger partial charge in [0.2, 0.25) is 0 Å². The van der Waals surface area contributed by atoms with E-state index < -0.39 is 0 Å². The molecule has 1 aromatic rings. The van der Waals surface area contributed by atoms with Gasteiger partial charge in [-0.2, -0.15) is 0 Å². The zero-order valence-electron chi connectivity index (χ0n) is 10.4. The molecule has 0 unspecified atom stereocenters. The van der Waals surface area contributed by atoms with Crippen molar-refractivity contribution in [2.24, 2.45) is 0 Å². The number of halogens is 1. The third-order valence-corrected chi connectivity index (χ3v) is 4.11. The molecule has 0 aliphatic heterocycles. The molecule has 0 spiro atoms. The smallest absolute Gasteiger partial charge is 0.0439 e. The van der Waals surface area contributed by atoms with Gasteiger partial charge in [-0.3, -0.25) is 0 Å². The minimum atomic E-state index is 0.268. The highest BCUT2D eigenvalue weighted by atomic mass is 79.9. The number of rotatable bonds is 7. The second kappa shape index (κ2) is 8.14. The number of benzene rings is 1. The van der Waals surface area contributed by atoms with Gasteiger partial charge in [-0.25, -0.2) is 0 Å². The molecule has 1 aromatic carbocycles. The van der Waals surface area contributed by atoms with Gasteiger partial charge in [0.1, 0.15) is 0 Å². The fourth-order valence-corrected chi connectivity index (χ4v) is 2.87. The van der Waals surface area contributed by atoms with Crippen LogP contribution in [0.2, 0.25) is 0 Å². The van der Waals surface area contributed by atoms with Crippen molar-refractivity contribution in [3.8, 4) is 0 Å². The third kappa shape index (κ3) is 5.91. The van der Waals surface area contributed by atoms with Crippen molar-refractivity contribution < 1.29 is 5.11 Å². The monoisotopic (exact) mass is 317 g/mol. The predicted molar refractivity (Wildman–Crippen MR) is 78.5 cm³/mol. The molecule has 0 amide bonds. The summed E-state index contributed by atoms with van der Waals surface area (Å²) in [5.41, 5.74) is 1.28. The fourth-order valence-electron chi connectivity index (χ4n) is 1.33. The van der Waals surface area contributed by atoms with E-state index in [1.165, 1.54) is 10.5 Å². The Labute approximate surface area is 116 Å². The molecular formula is C13H20BrNOS. The zero-order valence-corrected chi connectivity index (χ0v) is 12.8. The van der Waals surface area contributed by atoms with Crippen LogP contribution in [-0.2, 0) is 6.54 Å². The fraction of sp³-hybridized carbons (Fsp3) is 0.538.